The third-order valence-electron chi connectivity index (χ3n) is 4.50. The van der Waals surface area contributed by atoms with Crippen molar-refractivity contribution < 1.29 is 14.1 Å². The van der Waals surface area contributed by atoms with Crippen LogP contribution in [0.25, 0.3) is 16.9 Å². The minimum atomic E-state index is -0.502. The minimum Gasteiger partial charge on any atom is -0.444 e. The number of fused-ring (bicyclic) bond motifs is 1. The van der Waals surface area contributed by atoms with E-state index in [-0.39, 0.29) is 12.0 Å². The Kier molecular flexibility index (Phi) is 4.13. The van der Waals surface area contributed by atoms with Crippen LogP contribution in [0.4, 0.5) is 4.79 Å². The van der Waals surface area contributed by atoms with Crippen LogP contribution in [0.15, 0.2) is 28.8 Å². The van der Waals surface area contributed by atoms with Crippen LogP contribution in [0.2, 0.25) is 0 Å². The van der Waals surface area contributed by atoms with E-state index in [1.165, 1.54) is 0 Å². The van der Waals surface area contributed by atoms with Crippen molar-refractivity contribution in [3.8, 4) is 5.95 Å². The molecule has 8 heteroatoms. The third kappa shape index (κ3) is 3.27. The second-order valence-corrected chi connectivity index (χ2v) is 7.74. The summed E-state index contributed by atoms with van der Waals surface area (Å²) in [6, 6.07) is 7.99. The zero-order chi connectivity index (χ0) is 19.2. The zero-order valence-electron chi connectivity index (χ0n) is 16.0. The average molecular weight is 369 g/mol. The highest BCUT2D eigenvalue weighted by molar-refractivity contribution is 5.83. The summed E-state index contributed by atoms with van der Waals surface area (Å²) in [5.74, 6) is 0.949. The number of hydrogen-bond acceptors (Lipinski definition) is 6. The first kappa shape index (κ1) is 17.5. The third-order valence-corrected chi connectivity index (χ3v) is 4.50. The number of amides is 1. The van der Waals surface area contributed by atoms with Crippen LogP contribution < -0.4 is 0 Å². The van der Waals surface area contributed by atoms with Crippen LogP contribution in [-0.4, -0.2) is 49.6 Å². The van der Waals surface area contributed by atoms with Gasteiger partial charge >= 0.3 is 6.09 Å². The molecule has 0 radical (unpaired) electrons. The smallest absolute Gasteiger partial charge is 0.410 e. The molecule has 1 aliphatic heterocycles. The van der Waals surface area contributed by atoms with Crippen molar-refractivity contribution in [1.82, 2.24) is 24.8 Å². The van der Waals surface area contributed by atoms with Gasteiger partial charge in [0.15, 0.2) is 0 Å². The molecular formula is C19H23N5O3. The summed E-state index contributed by atoms with van der Waals surface area (Å²) in [6.07, 6.45) is 0.509. The molecule has 1 fully saturated rings. The lowest BCUT2D eigenvalue weighted by Crippen LogP contribution is -2.50. The lowest BCUT2D eigenvalue weighted by atomic mass is 10.0. The van der Waals surface area contributed by atoms with Crippen molar-refractivity contribution in [2.75, 3.05) is 13.1 Å². The first-order chi connectivity index (χ1) is 12.9. The van der Waals surface area contributed by atoms with Gasteiger partial charge in [0.05, 0.1) is 17.1 Å². The first-order valence-corrected chi connectivity index (χ1v) is 9.14. The molecule has 2 aromatic heterocycles. The van der Waals surface area contributed by atoms with Gasteiger partial charge in [0.25, 0.3) is 5.95 Å². The summed E-state index contributed by atoms with van der Waals surface area (Å²) < 4.78 is 12.5. The van der Waals surface area contributed by atoms with Gasteiger partial charge in [0.1, 0.15) is 5.60 Å². The molecule has 0 spiro atoms. The Morgan fingerprint density at radius 3 is 2.74 bits per heavy atom. The number of ether oxygens (including phenoxy) is 1. The summed E-state index contributed by atoms with van der Waals surface area (Å²) in [5, 5.41) is 9.81. The fraction of sp³-hybridized carbons (Fsp3) is 0.474. The number of hydrogen-bond donors (Lipinski definition) is 0. The number of likely N-dealkylation sites (tertiary alicyclic amines) is 1. The number of aromatic nitrogens is 4. The standard InChI is InChI=1S/C19H23N5O3/c1-5-14-13-8-6-7-9-15(13)24(21-14)17-20-16(27-22-17)12-10-23(11-12)18(25)26-19(2,3)4/h6-9,12H,5,10-11H2,1-4H3. The molecule has 4 rings (SSSR count). The molecule has 3 heterocycles. The van der Waals surface area contributed by atoms with Crippen LogP contribution in [0, 0.1) is 0 Å². The number of para-hydroxylation sites is 1. The molecule has 0 aliphatic carbocycles. The highest BCUT2D eigenvalue weighted by Crippen LogP contribution is 2.28. The van der Waals surface area contributed by atoms with Gasteiger partial charge in [-0.15, -0.1) is 0 Å². The maximum atomic E-state index is 12.0. The molecule has 1 aromatic carbocycles. The molecule has 1 aliphatic rings. The number of benzene rings is 1. The van der Waals surface area contributed by atoms with E-state index in [0.717, 1.165) is 23.0 Å². The van der Waals surface area contributed by atoms with Crippen LogP contribution >= 0.6 is 0 Å². The van der Waals surface area contributed by atoms with Gasteiger partial charge in [-0.1, -0.05) is 25.1 Å². The average Bonchev–Trinajstić information content (AvgIpc) is 3.16. The molecule has 0 atom stereocenters. The Balaban J connectivity index is 1.50. The van der Waals surface area contributed by atoms with E-state index in [1.54, 1.807) is 9.58 Å². The SMILES string of the molecule is CCc1nn(-c2noc(C3CN(C(=O)OC(C)(C)C)C3)n2)c2ccccc12. The van der Waals surface area contributed by atoms with Gasteiger partial charge in [-0.3, -0.25) is 0 Å². The molecule has 0 N–H and O–H groups in total. The first-order valence-electron chi connectivity index (χ1n) is 9.14. The van der Waals surface area contributed by atoms with Gasteiger partial charge in [-0.05, 0) is 38.4 Å². The maximum Gasteiger partial charge on any atom is 0.410 e. The van der Waals surface area contributed by atoms with E-state index in [9.17, 15) is 4.79 Å². The van der Waals surface area contributed by atoms with E-state index < -0.39 is 5.60 Å². The van der Waals surface area contributed by atoms with E-state index in [4.69, 9.17) is 9.26 Å². The van der Waals surface area contributed by atoms with Crippen LogP contribution in [0.5, 0.6) is 0 Å². The molecule has 0 saturated carbocycles. The van der Waals surface area contributed by atoms with E-state index in [0.29, 0.717) is 24.9 Å². The lowest BCUT2D eigenvalue weighted by molar-refractivity contribution is 0.00558. The molecule has 8 nitrogen and oxygen atoms in total. The molecule has 0 unspecified atom stereocenters. The van der Waals surface area contributed by atoms with E-state index in [2.05, 4.69) is 22.2 Å². The molecule has 3 aromatic rings. The lowest BCUT2D eigenvalue weighted by Gasteiger charge is -2.37. The number of carbonyl (C=O) groups excluding carboxylic acids is 1. The minimum absolute atomic E-state index is 0.0197. The Morgan fingerprint density at radius 2 is 2.04 bits per heavy atom. The summed E-state index contributed by atoms with van der Waals surface area (Å²) in [6.45, 7) is 8.65. The predicted octanol–water partition coefficient (Wildman–Crippen LogP) is 3.31. The Morgan fingerprint density at radius 1 is 1.30 bits per heavy atom. The number of nitrogens with zero attached hydrogens (tertiary/aromatic N) is 5. The highest BCUT2D eigenvalue weighted by Gasteiger charge is 2.38. The molecular weight excluding hydrogens is 346 g/mol. The van der Waals surface area contributed by atoms with Crippen LogP contribution in [-0.2, 0) is 11.2 Å². The van der Waals surface area contributed by atoms with E-state index in [1.807, 2.05) is 45.0 Å². The van der Waals surface area contributed by atoms with Crippen molar-refractivity contribution >= 4 is 17.0 Å². The number of rotatable bonds is 3. The second-order valence-electron chi connectivity index (χ2n) is 7.74. The predicted molar refractivity (Wildman–Crippen MR) is 98.9 cm³/mol. The Hall–Kier alpha value is -2.90. The zero-order valence-corrected chi connectivity index (χ0v) is 16.0. The molecule has 1 saturated heterocycles. The normalized spacial score (nSPS) is 15.2. The summed E-state index contributed by atoms with van der Waals surface area (Å²) in [4.78, 5) is 18.2. The molecule has 0 bridgehead atoms. The Bertz CT molecular complexity index is 979. The molecule has 27 heavy (non-hydrogen) atoms. The fourth-order valence-corrected chi connectivity index (χ4v) is 3.13. The van der Waals surface area contributed by atoms with Crippen molar-refractivity contribution in [1.29, 1.82) is 0 Å². The molecule has 142 valence electrons. The number of carbonyl (C=O) groups is 1. The Labute approximate surface area is 157 Å². The molecule has 1 amide bonds. The largest absolute Gasteiger partial charge is 0.444 e. The van der Waals surface area contributed by atoms with Gasteiger partial charge < -0.3 is 14.2 Å². The summed E-state index contributed by atoms with van der Waals surface area (Å²) in [7, 11) is 0. The number of aryl methyl sites for hydroxylation is 1. The fourth-order valence-electron chi connectivity index (χ4n) is 3.13. The van der Waals surface area contributed by atoms with Crippen LogP contribution in [0.1, 0.15) is 45.2 Å². The van der Waals surface area contributed by atoms with Gasteiger partial charge in [0, 0.05) is 18.5 Å². The monoisotopic (exact) mass is 369 g/mol. The van der Waals surface area contributed by atoms with E-state index >= 15 is 0 Å². The van der Waals surface area contributed by atoms with Gasteiger partial charge in [-0.2, -0.15) is 14.8 Å². The maximum absolute atomic E-state index is 12.0. The highest BCUT2D eigenvalue weighted by atomic mass is 16.6. The summed E-state index contributed by atoms with van der Waals surface area (Å²) in [5.41, 5.74) is 1.44. The van der Waals surface area contributed by atoms with Crippen molar-refractivity contribution in [2.24, 2.45) is 0 Å². The quantitative estimate of drug-likeness (QED) is 0.704. The van der Waals surface area contributed by atoms with Crippen LogP contribution in [0.3, 0.4) is 0 Å². The topological polar surface area (TPSA) is 86.3 Å². The van der Waals surface area contributed by atoms with Crippen molar-refractivity contribution in [2.45, 2.75) is 45.6 Å². The van der Waals surface area contributed by atoms with Gasteiger partial charge in [-0.25, -0.2) is 4.79 Å². The summed E-state index contributed by atoms with van der Waals surface area (Å²) >= 11 is 0. The second kappa shape index (κ2) is 6.37. The van der Waals surface area contributed by atoms with Crippen molar-refractivity contribution in [3.63, 3.8) is 0 Å². The van der Waals surface area contributed by atoms with Crippen molar-refractivity contribution in [3.05, 3.63) is 35.9 Å². The van der Waals surface area contributed by atoms with Gasteiger partial charge in [0.2, 0.25) is 5.89 Å².